The number of nitrogens with zero attached hydrogens (tertiary/aromatic N) is 3. The SMILES string of the molecule is C/C(=C(\[S-])C#N)c1ccc2cc(N(C)C)ccc2c1.C[N-]COC.[Hf]. The van der Waals surface area contributed by atoms with Crippen molar-refractivity contribution >= 4 is 34.7 Å². The van der Waals surface area contributed by atoms with Crippen molar-refractivity contribution in [1.29, 1.82) is 5.26 Å². The number of allylic oxidation sites excluding steroid dienone is 2. The number of anilines is 1. The standard InChI is InChI=1S/C16H16N2S.C3H8NO.Hf/c1-11(16(19)10-17)12-4-5-14-9-15(18(2)3)7-6-13(14)8-12;1-4-3-5-2;/h4-9,19H,1-3H3;3H2,1-2H3;/q;-1;/p-1/b16-11+;;. The van der Waals surface area contributed by atoms with E-state index in [1.54, 1.807) is 14.2 Å². The summed E-state index contributed by atoms with van der Waals surface area (Å²) in [6.45, 7) is 2.40. The summed E-state index contributed by atoms with van der Waals surface area (Å²) < 4.78 is 4.52. The molecule has 0 saturated carbocycles. The first-order valence-corrected chi connectivity index (χ1v) is 7.89. The summed E-state index contributed by atoms with van der Waals surface area (Å²) in [7, 11) is 7.38. The average Bonchev–Trinajstić information content (AvgIpc) is 2.60. The molecule has 2 aromatic rings. The Hall–Kier alpha value is -1.26. The van der Waals surface area contributed by atoms with E-state index in [2.05, 4.69) is 45.3 Å². The molecule has 0 aliphatic carbocycles. The molecule has 0 heterocycles. The van der Waals surface area contributed by atoms with Crippen LogP contribution in [-0.4, -0.2) is 35.0 Å². The van der Waals surface area contributed by atoms with Gasteiger partial charge in [0.1, 0.15) is 0 Å². The first-order valence-electron chi connectivity index (χ1n) is 7.48. The van der Waals surface area contributed by atoms with Crippen LogP contribution in [0.5, 0.6) is 0 Å². The second-order valence-corrected chi connectivity index (χ2v) is 5.85. The van der Waals surface area contributed by atoms with E-state index in [0.717, 1.165) is 16.5 Å². The molecule has 0 atom stereocenters. The van der Waals surface area contributed by atoms with Gasteiger partial charge < -0.3 is 27.6 Å². The maximum Gasteiger partial charge on any atom is 0.0706 e. The Bertz CT molecular complexity index is 752. The van der Waals surface area contributed by atoms with Crippen LogP contribution < -0.4 is 4.90 Å². The van der Waals surface area contributed by atoms with Crippen molar-refractivity contribution in [2.24, 2.45) is 0 Å². The van der Waals surface area contributed by atoms with E-state index in [-0.39, 0.29) is 25.8 Å². The van der Waals surface area contributed by atoms with E-state index in [1.165, 1.54) is 11.1 Å². The predicted octanol–water partition coefficient (Wildman–Crippen LogP) is 4.30. The van der Waals surface area contributed by atoms with Gasteiger partial charge in [0.15, 0.2) is 0 Å². The molecule has 4 nitrogen and oxygen atoms in total. The van der Waals surface area contributed by atoms with Gasteiger partial charge in [-0.1, -0.05) is 28.7 Å². The normalized spacial score (nSPS) is 10.7. The molecule has 0 unspecified atom stereocenters. The van der Waals surface area contributed by atoms with Crippen LogP contribution in [0.2, 0.25) is 0 Å². The minimum absolute atomic E-state index is 0. The fourth-order valence-corrected chi connectivity index (χ4v) is 2.21. The van der Waals surface area contributed by atoms with Crippen LogP contribution >= 0.6 is 0 Å². The van der Waals surface area contributed by atoms with Gasteiger partial charge in [-0.3, -0.25) is 0 Å². The molecule has 0 amide bonds. The maximum atomic E-state index is 8.86. The summed E-state index contributed by atoms with van der Waals surface area (Å²) in [5.74, 6) is 0. The average molecular weight is 520 g/mol. The Labute approximate surface area is 175 Å². The molecule has 0 spiro atoms. The molecular formula is C19H23HfN3OS-2. The van der Waals surface area contributed by atoms with Crippen molar-refractivity contribution in [3.8, 4) is 6.07 Å². The van der Waals surface area contributed by atoms with Gasteiger partial charge in [-0.25, -0.2) is 0 Å². The Morgan fingerprint density at radius 3 is 2.28 bits per heavy atom. The molecule has 0 saturated heterocycles. The summed E-state index contributed by atoms with van der Waals surface area (Å²) in [4.78, 5) is 2.43. The molecule has 0 fully saturated rings. The van der Waals surface area contributed by atoms with Gasteiger partial charge >= 0.3 is 0 Å². The van der Waals surface area contributed by atoms with Crippen molar-refractivity contribution in [3.05, 3.63) is 52.2 Å². The van der Waals surface area contributed by atoms with Crippen molar-refractivity contribution in [1.82, 2.24) is 0 Å². The van der Waals surface area contributed by atoms with Crippen LogP contribution in [0.4, 0.5) is 5.69 Å². The summed E-state index contributed by atoms with van der Waals surface area (Å²) in [5, 5.41) is 14.8. The van der Waals surface area contributed by atoms with E-state index in [1.807, 2.05) is 33.2 Å². The maximum absolute atomic E-state index is 8.86. The molecule has 0 aliphatic rings. The smallest absolute Gasteiger partial charge is 0.0706 e. The summed E-state index contributed by atoms with van der Waals surface area (Å²) in [6, 6.07) is 14.5. The van der Waals surface area contributed by atoms with Crippen LogP contribution in [-0.2, 0) is 43.2 Å². The zero-order chi connectivity index (χ0) is 18.1. The van der Waals surface area contributed by atoms with E-state index >= 15 is 0 Å². The third kappa shape index (κ3) is 7.25. The van der Waals surface area contributed by atoms with E-state index in [0.29, 0.717) is 11.6 Å². The molecule has 0 aliphatic heterocycles. The topological polar surface area (TPSA) is 50.4 Å². The first kappa shape index (κ1) is 23.7. The molecule has 0 N–H and O–H groups in total. The first-order chi connectivity index (χ1) is 11.4. The van der Waals surface area contributed by atoms with Gasteiger partial charge in [0.25, 0.3) is 0 Å². The van der Waals surface area contributed by atoms with Crippen LogP contribution in [0.1, 0.15) is 12.5 Å². The number of rotatable bonds is 4. The Morgan fingerprint density at radius 1 is 1.20 bits per heavy atom. The molecule has 132 valence electrons. The number of hydrogen-bond donors (Lipinski definition) is 0. The Morgan fingerprint density at radius 2 is 1.80 bits per heavy atom. The zero-order valence-electron chi connectivity index (χ0n) is 15.3. The predicted molar refractivity (Wildman–Crippen MR) is 105 cm³/mol. The molecule has 0 aromatic heterocycles. The number of fused-ring (bicyclic) bond motifs is 1. The second kappa shape index (κ2) is 12.2. The number of methoxy groups -OCH3 is 1. The molecule has 6 heteroatoms. The number of benzene rings is 2. The second-order valence-electron chi connectivity index (χ2n) is 5.44. The Kier molecular flexibility index (Phi) is 11.5. The van der Waals surface area contributed by atoms with E-state index in [9.17, 15) is 0 Å². The van der Waals surface area contributed by atoms with Crippen LogP contribution in [0, 0.1) is 11.3 Å². The van der Waals surface area contributed by atoms with Gasteiger partial charge in [0.2, 0.25) is 0 Å². The molecule has 0 radical (unpaired) electrons. The van der Waals surface area contributed by atoms with E-state index in [4.69, 9.17) is 17.9 Å². The summed E-state index contributed by atoms with van der Waals surface area (Å²) in [6.07, 6.45) is 0. The summed E-state index contributed by atoms with van der Waals surface area (Å²) >= 11 is 5.03. The molecule has 2 aromatic carbocycles. The summed E-state index contributed by atoms with van der Waals surface area (Å²) in [5.41, 5.74) is 3.04. The largest absolute Gasteiger partial charge is 0.769 e. The van der Waals surface area contributed by atoms with Crippen molar-refractivity contribution in [2.45, 2.75) is 6.92 Å². The van der Waals surface area contributed by atoms with Gasteiger partial charge in [-0.15, -0.1) is 0 Å². The minimum Gasteiger partial charge on any atom is -0.769 e. The molecule has 0 bridgehead atoms. The number of hydrogen-bond acceptors (Lipinski definition) is 4. The molecular weight excluding hydrogens is 497 g/mol. The number of nitriles is 1. The quantitative estimate of drug-likeness (QED) is 0.343. The molecule has 25 heavy (non-hydrogen) atoms. The third-order valence-corrected chi connectivity index (χ3v) is 3.87. The minimum atomic E-state index is 0. The zero-order valence-corrected chi connectivity index (χ0v) is 19.7. The van der Waals surface area contributed by atoms with Crippen molar-refractivity contribution in [3.63, 3.8) is 0 Å². The van der Waals surface area contributed by atoms with Crippen LogP contribution in [0.25, 0.3) is 21.7 Å². The van der Waals surface area contributed by atoms with Crippen molar-refractivity contribution in [2.75, 3.05) is 39.9 Å². The van der Waals surface area contributed by atoms with E-state index < -0.39 is 0 Å². The molecule has 2 rings (SSSR count). The Balaban J connectivity index is 0.000000848. The van der Waals surface area contributed by atoms with Crippen LogP contribution in [0.3, 0.4) is 0 Å². The van der Waals surface area contributed by atoms with Gasteiger partial charge in [-0.2, -0.15) is 12.3 Å². The fourth-order valence-electron chi connectivity index (χ4n) is 2.09. The fraction of sp³-hybridized carbons (Fsp3) is 0.316. The van der Waals surface area contributed by atoms with Crippen molar-refractivity contribution < 1.29 is 30.6 Å². The van der Waals surface area contributed by atoms with Crippen LogP contribution in [0.15, 0.2) is 41.3 Å². The number of ether oxygens (including phenoxy) is 1. The van der Waals surface area contributed by atoms with Gasteiger partial charge in [0.05, 0.1) is 6.07 Å². The monoisotopic (exact) mass is 521 g/mol. The third-order valence-electron chi connectivity index (χ3n) is 3.47. The van der Waals surface area contributed by atoms with Gasteiger partial charge in [0, 0.05) is 52.7 Å². The van der Waals surface area contributed by atoms with Gasteiger partial charge in [-0.05, 0) is 48.2 Å².